The van der Waals surface area contributed by atoms with Crippen LogP contribution < -0.4 is 4.74 Å². The lowest BCUT2D eigenvalue weighted by Gasteiger charge is -2.11. The first-order valence-electron chi connectivity index (χ1n) is 9.18. The van der Waals surface area contributed by atoms with E-state index in [4.69, 9.17) is 9.47 Å². The molecule has 0 aliphatic carbocycles. The van der Waals surface area contributed by atoms with Gasteiger partial charge in [0.25, 0.3) is 0 Å². The zero-order valence-electron chi connectivity index (χ0n) is 16.1. The quantitative estimate of drug-likeness (QED) is 0.212. The van der Waals surface area contributed by atoms with Crippen LogP contribution in [-0.4, -0.2) is 18.5 Å². The molecule has 4 rings (SSSR count). The second kappa shape index (κ2) is 8.58. The van der Waals surface area contributed by atoms with Crippen LogP contribution in [0.15, 0.2) is 86.4 Å². The van der Waals surface area contributed by atoms with E-state index in [1.54, 1.807) is 6.08 Å². The number of halogens is 2. The molecule has 0 aromatic heterocycles. The molecule has 30 heavy (non-hydrogen) atoms. The molecule has 1 aliphatic rings. The Morgan fingerprint density at radius 1 is 1.10 bits per heavy atom. The average molecular weight is 527 g/mol. The van der Waals surface area contributed by atoms with E-state index in [0.717, 1.165) is 36.4 Å². The summed E-state index contributed by atoms with van der Waals surface area (Å²) in [5, 5.41) is 2.18. The van der Waals surface area contributed by atoms with Crippen molar-refractivity contribution in [2.45, 2.75) is 6.92 Å². The second-order valence-corrected chi connectivity index (χ2v) is 8.67. The Balaban J connectivity index is 1.64. The lowest BCUT2D eigenvalue weighted by molar-refractivity contribution is -0.129. The van der Waals surface area contributed by atoms with Gasteiger partial charge in [0, 0.05) is 5.56 Å². The smallest absolute Gasteiger partial charge is 0.363 e. The van der Waals surface area contributed by atoms with E-state index in [1.807, 2.05) is 61.5 Å². The molecule has 0 spiro atoms. The fraction of sp³-hybridized carbons (Fsp3) is 0.0833. The summed E-state index contributed by atoms with van der Waals surface area (Å²) >= 11 is 7.04. The van der Waals surface area contributed by atoms with Crippen LogP contribution in [0.2, 0.25) is 0 Å². The zero-order valence-corrected chi connectivity index (χ0v) is 19.3. The standard InChI is InChI=1S/C24H17Br2NO3/c1-14(2)13-29-22-19(25)9-15(10-20(22)26)11-21-24(28)30-23(27-21)18-8-7-16-5-3-4-6-17(16)12-18/h3-12H,1,13H2,2H3/b21-11-. The Hall–Kier alpha value is -2.70. The Morgan fingerprint density at radius 2 is 1.80 bits per heavy atom. The van der Waals surface area contributed by atoms with E-state index in [0.29, 0.717) is 18.3 Å². The average Bonchev–Trinajstić information content (AvgIpc) is 3.07. The number of aliphatic imine (C=N–C) groups is 1. The highest BCUT2D eigenvalue weighted by Gasteiger charge is 2.24. The number of hydrogen-bond acceptors (Lipinski definition) is 4. The van der Waals surface area contributed by atoms with E-state index >= 15 is 0 Å². The Labute approximate surface area is 191 Å². The summed E-state index contributed by atoms with van der Waals surface area (Å²) in [6, 6.07) is 17.6. The normalized spacial score (nSPS) is 14.7. The molecule has 0 saturated carbocycles. The van der Waals surface area contributed by atoms with Gasteiger partial charge in [-0.25, -0.2) is 9.79 Å². The molecule has 4 nitrogen and oxygen atoms in total. The van der Waals surface area contributed by atoms with E-state index in [1.165, 1.54) is 0 Å². The minimum Gasteiger partial charge on any atom is -0.487 e. The van der Waals surface area contributed by atoms with Gasteiger partial charge >= 0.3 is 5.97 Å². The number of nitrogens with zero attached hydrogens (tertiary/aromatic N) is 1. The van der Waals surface area contributed by atoms with Crippen molar-refractivity contribution in [1.82, 2.24) is 0 Å². The number of rotatable bonds is 5. The molecule has 0 saturated heterocycles. The molecule has 0 N–H and O–H groups in total. The van der Waals surface area contributed by atoms with Gasteiger partial charge in [-0.3, -0.25) is 0 Å². The Kier molecular flexibility index (Phi) is 5.88. The SMILES string of the molecule is C=C(C)COc1c(Br)cc(/C=C2\N=C(c3ccc4ccccc4c3)OC2=O)cc1Br. The molecular formula is C24H17Br2NO3. The van der Waals surface area contributed by atoms with E-state index in [9.17, 15) is 4.79 Å². The van der Waals surface area contributed by atoms with Gasteiger partial charge < -0.3 is 9.47 Å². The van der Waals surface area contributed by atoms with Crippen molar-refractivity contribution in [3.8, 4) is 5.75 Å². The van der Waals surface area contributed by atoms with Gasteiger partial charge in [-0.15, -0.1) is 0 Å². The van der Waals surface area contributed by atoms with Crippen LogP contribution in [0.1, 0.15) is 18.1 Å². The summed E-state index contributed by atoms with van der Waals surface area (Å²) in [4.78, 5) is 16.8. The molecule has 3 aromatic rings. The summed E-state index contributed by atoms with van der Waals surface area (Å²) in [5.74, 6) is 0.499. The first kappa shape index (κ1) is 20.6. The van der Waals surface area contributed by atoms with Crippen molar-refractivity contribution in [1.29, 1.82) is 0 Å². The van der Waals surface area contributed by atoms with Crippen molar-refractivity contribution in [2.24, 2.45) is 4.99 Å². The lowest BCUT2D eigenvalue weighted by Crippen LogP contribution is -2.05. The molecule has 3 aromatic carbocycles. The molecule has 150 valence electrons. The van der Waals surface area contributed by atoms with Gasteiger partial charge in [0.15, 0.2) is 5.70 Å². The van der Waals surface area contributed by atoms with Gasteiger partial charge in [0.05, 0.1) is 8.95 Å². The molecule has 0 amide bonds. The van der Waals surface area contributed by atoms with Crippen molar-refractivity contribution in [3.63, 3.8) is 0 Å². The number of ether oxygens (including phenoxy) is 2. The largest absolute Gasteiger partial charge is 0.487 e. The number of fused-ring (bicyclic) bond motifs is 1. The molecule has 1 heterocycles. The number of carbonyl (C=O) groups is 1. The van der Waals surface area contributed by atoms with Crippen LogP contribution >= 0.6 is 31.9 Å². The molecule has 0 fully saturated rings. The van der Waals surface area contributed by atoms with Gasteiger partial charge in [0.1, 0.15) is 12.4 Å². The molecule has 0 unspecified atom stereocenters. The number of benzene rings is 3. The summed E-state index contributed by atoms with van der Waals surface area (Å²) in [7, 11) is 0. The van der Waals surface area contributed by atoms with Crippen molar-refractivity contribution >= 4 is 60.6 Å². The van der Waals surface area contributed by atoms with Crippen LogP contribution in [0, 0.1) is 0 Å². The Morgan fingerprint density at radius 3 is 2.50 bits per heavy atom. The van der Waals surface area contributed by atoms with Crippen molar-refractivity contribution in [2.75, 3.05) is 6.61 Å². The summed E-state index contributed by atoms with van der Waals surface area (Å²) in [6.45, 7) is 6.16. The predicted molar refractivity (Wildman–Crippen MR) is 127 cm³/mol. The lowest BCUT2D eigenvalue weighted by atomic mass is 10.1. The highest BCUT2D eigenvalue weighted by atomic mass is 79.9. The van der Waals surface area contributed by atoms with E-state index in [-0.39, 0.29) is 5.70 Å². The number of hydrogen-bond donors (Lipinski definition) is 0. The summed E-state index contributed by atoms with van der Waals surface area (Å²) < 4.78 is 12.7. The highest BCUT2D eigenvalue weighted by Crippen LogP contribution is 2.36. The van der Waals surface area contributed by atoms with E-state index in [2.05, 4.69) is 43.4 Å². The van der Waals surface area contributed by atoms with Crippen molar-refractivity contribution < 1.29 is 14.3 Å². The number of cyclic esters (lactones) is 1. The third-order valence-corrected chi connectivity index (χ3v) is 5.58. The van der Waals surface area contributed by atoms with Gasteiger partial charge in [-0.2, -0.15) is 0 Å². The maximum Gasteiger partial charge on any atom is 0.363 e. The summed E-state index contributed by atoms with van der Waals surface area (Å²) in [5.41, 5.74) is 2.71. The van der Waals surface area contributed by atoms with Crippen LogP contribution in [0.25, 0.3) is 16.8 Å². The maximum absolute atomic E-state index is 12.4. The first-order valence-corrected chi connectivity index (χ1v) is 10.8. The van der Waals surface area contributed by atoms with Crippen LogP contribution in [0.5, 0.6) is 5.75 Å². The third kappa shape index (κ3) is 4.40. The maximum atomic E-state index is 12.4. The summed E-state index contributed by atoms with van der Waals surface area (Å²) in [6.07, 6.45) is 1.69. The minimum absolute atomic E-state index is 0.243. The van der Waals surface area contributed by atoms with Crippen LogP contribution in [0.3, 0.4) is 0 Å². The van der Waals surface area contributed by atoms with Crippen LogP contribution in [-0.2, 0) is 9.53 Å². The molecule has 0 atom stereocenters. The van der Waals surface area contributed by atoms with E-state index < -0.39 is 5.97 Å². The second-order valence-electron chi connectivity index (χ2n) is 6.96. The number of carbonyl (C=O) groups excluding carboxylic acids is 1. The third-order valence-electron chi connectivity index (χ3n) is 4.40. The molecule has 1 aliphatic heterocycles. The van der Waals surface area contributed by atoms with Gasteiger partial charge in [-0.1, -0.05) is 36.9 Å². The molecular weight excluding hydrogens is 510 g/mol. The van der Waals surface area contributed by atoms with Crippen LogP contribution in [0.4, 0.5) is 0 Å². The minimum atomic E-state index is -0.479. The fourth-order valence-electron chi connectivity index (χ4n) is 3.01. The monoisotopic (exact) mass is 525 g/mol. The molecule has 6 heteroatoms. The topological polar surface area (TPSA) is 47.9 Å². The van der Waals surface area contributed by atoms with Gasteiger partial charge in [0.2, 0.25) is 5.90 Å². The fourth-order valence-corrected chi connectivity index (χ4v) is 4.46. The Bertz CT molecular complexity index is 1220. The van der Waals surface area contributed by atoms with Crippen molar-refractivity contribution in [3.05, 3.63) is 92.5 Å². The number of esters is 1. The first-order chi connectivity index (χ1) is 14.4. The molecule has 0 radical (unpaired) electrons. The predicted octanol–water partition coefficient (Wildman–Crippen LogP) is 6.66. The highest BCUT2D eigenvalue weighted by molar-refractivity contribution is 9.11. The zero-order chi connectivity index (χ0) is 21.3. The van der Waals surface area contributed by atoms with Gasteiger partial charge in [-0.05, 0) is 91.0 Å². The molecule has 0 bridgehead atoms.